The molecule has 0 aliphatic heterocycles. The Morgan fingerprint density at radius 2 is 2.25 bits per heavy atom. The molecule has 0 aliphatic carbocycles. The van der Waals surface area contributed by atoms with Crippen LogP contribution in [0, 0.1) is 16.0 Å². The van der Waals surface area contributed by atoms with E-state index in [1.54, 1.807) is 11.3 Å². The summed E-state index contributed by atoms with van der Waals surface area (Å²) in [6, 6.07) is 3.86. The molecule has 0 spiro atoms. The van der Waals surface area contributed by atoms with Crippen molar-refractivity contribution in [1.29, 1.82) is 0 Å². The normalized spacial score (nSPS) is 12.3. The van der Waals surface area contributed by atoms with Gasteiger partial charge in [0, 0.05) is 4.88 Å². The fourth-order valence-corrected chi connectivity index (χ4v) is 2.76. The van der Waals surface area contributed by atoms with Crippen molar-refractivity contribution in [2.45, 2.75) is 19.9 Å². The Morgan fingerprint density at radius 3 is 2.80 bits per heavy atom. The largest absolute Gasteiger partial charge is 0.368 e. The lowest BCUT2D eigenvalue weighted by Gasteiger charge is -2.21. The van der Waals surface area contributed by atoms with Crippen LogP contribution in [0.5, 0.6) is 0 Å². The molecule has 2 rings (SSSR count). The third-order valence-electron chi connectivity index (χ3n) is 2.79. The van der Waals surface area contributed by atoms with Gasteiger partial charge in [-0.15, -0.1) is 11.3 Å². The summed E-state index contributed by atoms with van der Waals surface area (Å²) in [6.45, 7) is 4.07. The molecule has 0 aliphatic rings. The molecular formula is C12H15N5O2S. The molecule has 2 aromatic rings. The van der Waals surface area contributed by atoms with Gasteiger partial charge in [0.1, 0.15) is 6.20 Å². The number of nitrogen functional groups attached to an aromatic ring is 1. The molecule has 0 radical (unpaired) electrons. The highest BCUT2D eigenvalue weighted by Gasteiger charge is 2.23. The molecule has 2 aromatic heterocycles. The predicted octanol–water partition coefficient (Wildman–Crippen LogP) is 2.84. The van der Waals surface area contributed by atoms with Gasteiger partial charge in [0.25, 0.3) is 0 Å². The lowest BCUT2D eigenvalue weighted by Crippen LogP contribution is -2.18. The Hall–Kier alpha value is -2.22. The van der Waals surface area contributed by atoms with Gasteiger partial charge in [-0.05, 0) is 17.4 Å². The number of rotatable bonds is 5. The van der Waals surface area contributed by atoms with Gasteiger partial charge in [-0.1, -0.05) is 19.9 Å². The molecule has 0 fully saturated rings. The zero-order chi connectivity index (χ0) is 14.7. The summed E-state index contributed by atoms with van der Waals surface area (Å²) in [7, 11) is 0. The third-order valence-corrected chi connectivity index (χ3v) is 3.75. The zero-order valence-corrected chi connectivity index (χ0v) is 11.9. The topological polar surface area (TPSA) is 107 Å². The summed E-state index contributed by atoms with van der Waals surface area (Å²) < 4.78 is 0. The van der Waals surface area contributed by atoms with Gasteiger partial charge in [-0.3, -0.25) is 10.1 Å². The molecule has 0 saturated carbocycles. The van der Waals surface area contributed by atoms with Crippen molar-refractivity contribution in [3.05, 3.63) is 38.7 Å². The second kappa shape index (κ2) is 5.83. The Balaban J connectivity index is 2.36. The Labute approximate surface area is 120 Å². The number of nitro groups is 1. The molecule has 0 saturated heterocycles. The molecule has 0 amide bonds. The molecule has 0 aromatic carbocycles. The predicted molar refractivity (Wildman–Crippen MR) is 78.6 cm³/mol. The first-order valence-electron chi connectivity index (χ1n) is 6.06. The van der Waals surface area contributed by atoms with Gasteiger partial charge in [-0.2, -0.15) is 4.98 Å². The fraction of sp³-hybridized carbons (Fsp3) is 0.333. The summed E-state index contributed by atoms with van der Waals surface area (Å²) in [5, 5.41) is 16.1. The smallest absolute Gasteiger partial charge is 0.329 e. The van der Waals surface area contributed by atoms with Gasteiger partial charge < -0.3 is 11.1 Å². The van der Waals surface area contributed by atoms with E-state index in [2.05, 4.69) is 15.3 Å². The Morgan fingerprint density at radius 1 is 1.50 bits per heavy atom. The SMILES string of the molecule is CC(C)C(Nc1nc(N)ncc1[N+](=O)[O-])c1cccs1. The zero-order valence-electron chi connectivity index (χ0n) is 11.1. The van der Waals surface area contributed by atoms with Crippen molar-refractivity contribution in [2.24, 2.45) is 5.92 Å². The molecule has 8 heteroatoms. The highest BCUT2D eigenvalue weighted by Crippen LogP contribution is 2.32. The number of anilines is 2. The minimum absolute atomic E-state index is 0.00628. The van der Waals surface area contributed by atoms with E-state index in [4.69, 9.17) is 5.73 Å². The summed E-state index contributed by atoms with van der Waals surface area (Å²) in [5.74, 6) is 0.394. The highest BCUT2D eigenvalue weighted by molar-refractivity contribution is 7.10. The van der Waals surface area contributed by atoms with E-state index < -0.39 is 4.92 Å². The minimum Gasteiger partial charge on any atom is -0.368 e. The first-order valence-corrected chi connectivity index (χ1v) is 6.94. The van der Waals surface area contributed by atoms with Crippen LogP contribution in [0.3, 0.4) is 0 Å². The van der Waals surface area contributed by atoms with E-state index in [0.29, 0.717) is 0 Å². The molecular weight excluding hydrogens is 278 g/mol. The fourth-order valence-electron chi connectivity index (χ4n) is 1.81. The van der Waals surface area contributed by atoms with Gasteiger partial charge in [0.2, 0.25) is 11.8 Å². The highest BCUT2D eigenvalue weighted by atomic mass is 32.1. The Kier molecular flexibility index (Phi) is 4.14. The van der Waals surface area contributed by atoms with Crippen LogP contribution >= 0.6 is 11.3 Å². The Bertz CT molecular complexity index is 600. The first-order chi connectivity index (χ1) is 9.49. The second-order valence-corrected chi connectivity index (χ2v) is 5.58. The maximum atomic E-state index is 11.0. The monoisotopic (exact) mass is 293 g/mol. The molecule has 3 N–H and O–H groups in total. The van der Waals surface area contributed by atoms with Gasteiger partial charge >= 0.3 is 5.69 Å². The van der Waals surface area contributed by atoms with Crippen molar-refractivity contribution >= 4 is 28.8 Å². The van der Waals surface area contributed by atoms with Gasteiger partial charge in [-0.25, -0.2) is 4.98 Å². The number of thiophene rings is 1. The van der Waals surface area contributed by atoms with Crippen molar-refractivity contribution < 1.29 is 4.92 Å². The molecule has 20 heavy (non-hydrogen) atoms. The number of hydrogen-bond donors (Lipinski definition) is 2. The number of nitrogens with zero attached hydrogens (tertiary/aromatic N) is 3. The van der Waals surface area contributed by atoms with Crippen LogP contribution in [0.25, 0.3) is 0 Å². The molecule has 0 bridgehead atoms. The number of hydrogen-bond acceptors (Lipinski definition) is 7. The van der Waals surface area contributed by atoms with Gasteiger partial charge in [0.05, 0.1) is 11.0 Å². The van der Waals surface area contributed by atoms with E-state index in [1.807, 2.05) is 31.4 Å². The van der Waals surface area contributed by atoms with Crippen molar-refractivity contribution in [3.8, 4) is 0 Å². The van der Waals surface area contributed by atoms with E-state index in [-0.39, 0.29) is 29.4 Å². The van der Waals surface area contributed by atoms with E-state index in [0.717, 1.165) is 11.1 Å². The minimum atomic E-state index is -0.520. The average molecular weight is 293 g/mol. The van der Waals surface area contributed by atoms with Crippen LogP contribution in [0.1, 0.15) is 24.8 Å². The lowest BCUT2D eigenvalue weighted by atomic mass is 10.0. The van der Waals surface area contributed by atoms with E-state index in [9.17, 15) is 10.1 Å². The quantitative estimate of drug-likeness (QED) is 0.648. The van der Waals surface area contributed by atoms with Crippen molar-refractivity contribution in [3.63, 3.8) is 0 Å². The standard InChI is InChI=1S/C12H15N5O2S/c1-7(2)10(9-4-3-5-20-9)15-11-8(17(18)19)6-14-12(13)16-11/h3-7,10H,1-2H3,(H3,13,14,15,16). The van der Waals surface area contributed by atoms with E-state index >= 15 is 0 Å². The third kappa shape index (κ3) is 3.02. The summed E-state index contributed by atoms with van der Waals surface area (Å²) in [4.78, 5) is 19.2. The van der Waals surface area contributed by atoms with Crippen LogP contribution in [0.4, 0.5) is 17.5 Å². The van der Waals surface area contributed by atoms with Crippen LogP contribution in [0.2, 0.25) is 0 Å². The van der Waals surface area contributed by atoms with Gasteiger partial charge in [0.15, 0.2) is 0 Å². The second-order valence-electron chi connectivity index (χ2n) is 4.60. The number of nitrogens with two attached hydrogens (primary N) is 1. The van der Waals surface area contributed by atoms with Crippen LogP contribution in [0.15, 0.2) is 23.7 Å². The van der Waals surface area contributed by atoms with Crippen LogP contribution in [-0.2, 0) is 0 Å². The van der Waals surface area contributed by atoms with Crippen LogP contribution < -0.4 is 11.1 Å². The number of aromatic nitrogens is 2. The van der Waals surface area contributed by atoms with E-state index in [1.165, 1.54) is 0 Å². The summed E-state index contributed by atoms with van der Waals surface area (Å²) in [5.41, 5.74) is 5.34. The van der Waals surface area contributed by atoms with Crippen molar-refractivity contribution in [1.82, 2.24) is 9.97 Å². The summed E-state index contributed by atoms with van der Waals surface area (Å²) in [6.07, 6.45) is 1.12. The maximum Gasteiger partial charge on any atom is 0.329 e. The summed E-state index contributed by atoms with van der Waals surface area (Å²) >= 11 is 1.59. The molecule has 2 heterocycles. The first kappa shape index (κ1) is 14.2. The lowest BCUT2D eigenvalue weighted by molar-refractivity contribution is -0.384. The number of nitrogens with one attached hydrogen (secondary N) is 1. The molecule has 1 atom stereocenters. The molecule has 106 valence electrons. The maximum absolute atomic E-state index is 11.0. The average Bonchev–Trinajstić information content (AvgIpc) is 2.88. The van der Waals surface area contributed by atoms with Crippen LogP contribution in [-0.4, -0.2) is 14.9 Å². The molecule has 1 unspecified atom stereocenters. The molecule has 7 nitrogen and oxygen atoms in total. The van der Waals surface area contributed by atoms with Crippen molar-refractivity contribution in [2.75, 3.05) is 11.1 Å².